The average molecular weight is 391 g/mol. The Kier molecular flexibility index (Phi) is 4.00. The van der Waals surface area contributed by atoms with E-state index in [0.717, 1.165) is 16.8 Å². The number of urea groups is 1. The first-order valence-corrected chi connectivity index (χ1v) is 10.6. The van der Waals surface area contributed by atoms with E-state index in [1.807, 2.05) is 32.0 Å². The van der Waals surface area contributed by atoms with Crippen LogP contribution in [0.3, 0.4) is 0 Å². The van der Waals surface area contributed by atoms with Crippen LogP contribution in [0.15, 0.2) is 42.5 Å². The molecule has 0 spiro atoms. The minimum absolute atomic E-state index is 0.0304. The Bertz CT molecular complexity index is 985. The lowest BCUT2D eigenvalue weighted by Gasteiger charge is -2.24. The maximum Gasteiger partial charge on any atom is 0.329 e. The molecule has 2 amide bonds. The number of halogens is 1. The normalized spacial score (nSPS) is 24.2. The molecule has 2 saturated heterocycles. The molecule has 0 aromatic heterocycles. The highest BCUT2D eigenvalue weighted by Crippen LogP contribution is 2.40. The zero-order chi connectivity index (χ0) is 18.6. The van der Waals surface area contributed by atoms with Crippen LogP contribution in [0, 0.1) is 13.8 Å². The van der Waals surface area contributed by atoms with Gasteiger partial charge in [-0.1, -0.05) is 29.8 Å². The molecule has 2 aromatic carbocycles. The number of anilines is 2. The van der Waals surface area contributed by atoms with E-state index >= 15 is 0 Å². The number of hydrogen-bond donors (Lipinski definition) is 0. The summed E-state index contributed by atoms with van der Waals surface area (Å²) in [6.45, 7) is 3.93. The Labute approximate surface area is 158 Å². The second kappa shape index (κ2) is 5.99. The lowest BCUT2D eigenvalue weighted by molar-refractivity contribution is 0.255. The minimum Gasteiger partial charge on any atom is -0.288 e. The number of benzene rings is 2. The monoisotopic (exact) mass is 390 g/mol. The van der Waals surface area contributed by atoms with Crippen molar-refractivity contribution in [2.45, 2.75) is 25.9 Å². The predicted molar refractivity (Wildman–Crippen MR) is 104 cm³/mol. The molecule has 5 nitrogen and oxygen atoms in total. The van der Waals surface area contributed by atoms with Crippen molar-refractivity contribution in [1.82, 2.24) is 0 Å². The number of amides is 2. The van der Waals surface area contributed by atoms with Crippen molar-refractivity contribution < 1.29 is 13.2 Å². The topological polar surface area (TPSA) is 57.7 Å². The van der Waals surface area contributed by atoms with Gasteiger partial charge in [-0.3, -0.25) is 9.80 Å². The van der Waals surface area contributed by atoms with Gasteiger partial charge in [0.25, 0.3) is 0 Å². The Morgan fingerprint density at radius 1 is 0.962 bits per heavy atom. The molecule has 2 aliphatic rings. The Morgan fingerprint density at radius 2 is 1.54 bits per heavy atom. The molecule has 2 heterocycles. The number of hydrogen-bond acceptors (Lipinski definition) is 3. The summed E-state index contributed by atoms with van der Waals surface area (Å²) in [6, 6.07) is 11.8. The fourth-order valence-corrected chi connectivity index (χ4v) is 6.17. The molecule has 0 N–H and O–H groups in total. The van der Waals surface area contributed by atoms with Gasteiger partial charge >= 0.3 is 6.03 Å². The van der Waals surface area contributed by atoms with E-state index in [2.05, 4.69) is 0 Å². The van der Waals surface area contributed by atoms with Crippen LogP contribution in [-0.2, 0) is 9.84 Å². The molecule has 2 aromatic rings. The van der Waals surface area contributed by atoms with Crippen molar-refractivity contribution in [2.75, 3.05) is 21.3 Å². The van der Waals surface area contributed by atoms with Crippen LogP contribution >= 0.6 is 11.6 Å². The van der Waals surface area contributed by atoms with E-state index in [0.29, 0.717) is 10.7 Å². The van der Waals surface area contributed by atoms with Crippen molar-refractivity contribution in [2.24, 2.45) is 0 Å². The van der Waals surface area contributed by atoms with Gasteiger partial charge in [0.15, 0.2) is 9.84 Å². The maximum absolute atomic E-state index is 13.3. The molecule has 0 saturated carbocycles. The van der Waals surface area contributed by atoms with Gasteiger partial charge in [0, 0.05) is 5.69 Å². The molecular weight excluding hydrogens is 372 g/mol. The highest BCUT2D eigenvalue weighted by atomic mass is 35.5. The predicted octanol–water partition coefficient (Wildman–Crippen LogP) is 3.57. The van der Waals surface area contributed by atoms with Crippen molar-refractivity contribution >= 4 is 38.8 Å². The third kappa shape index (κ3) is 2.77. The third-order valence-electron chi connectivity index (χ3n) is 4.97. The summed E-state index contributed by atoms with van der Waals surface area (Å²) in [6.07, 6.45) is 0. The number of nitrogens with zero attached hydrogens (tertiary/aromatic N) is 2. The van der Waals surface area contributed by atoms with E-state index < -0.39 is 21.9 Å². The largest absolute Gasteiger partial charge is 0.329 e. The van der Waals surface area contributed by atoms with Crippen molar-refractivity contribution in [3.63, 3.8) is 0 Å². The fourth-order valence-electron chi connectivity index (χ4n) is 4.02. The first kappa shape index (κ1) is 17.4. The lowest BCUT2D eigenvalue weighted by atomic mass is 10.1. The molecule has 136 valence electrons. The second-order valence-corrected chi connectivity index (χ2v) is 9.59. The third-order valence-corrected chi connectivity index (χ3v) is 6.98. The fraction of sp³-hybridized carbons (Fsp3) is 0.316. The Balaban J connectivity index is 1.86. The van der Waals surface area contributed by atoms with E-state index in [-0.39, 0.29) is 17.5 Å². The van der Waals surface area contributed by atoms with Crippen LogP contribution in [0.4, 0.5) is 16.2 Å². The zero-order valence-corrected chi connectivity index (χ0v) is 16.1. The molecule has 0 radical (unpaired) electrons. The summed E-state index contributed by atoms with van der Waals surface area (Å²) in [7, 11) is -3.22. The van der Waals surface area contributed by atoms with E-state index in [1.54, 1.807) is 34.1 Å². The SMILES string of the molecule is Cc1cc(C)cc(N2C(=O)N(c3ccccc3Cl)[C@@H]3CS(=O)(=O)C[C@H]32)c1. The van der Waals surface area contributed by atoms with E-state index in [4.69, 9.17) is 11.6 Å². The summed E-state index contributed by atoms with van der Waals surface area (Å²) < 4.78 is 24.7. The summed E-state index contributed by atoms with van der Waals surface area (Å²) in [5.74, 6) is -0.0761. The highest BCUT2D eigenvalue weighted by Gasteiger charge is 2.54. The molecule has 2 atom stereocenters. The van der Waals surface area contributed by atoms with Gasteiger partial charge in [-0.05, 0) is 49.2 Å². The molecule has 26 heavy (non-hydrogen) atoms. The van der Waals surface area contributed by atoms with Crippen LogP contribution in [0.2, 0.25) is 5.02 Å². The van der Waals surface area contributed by atoms with Crippen LogP contribution < -0.4 is 9.80 Å². The number of aryl methyl sites for hydroxylation is 2. The number of carbonyl (C=O) groups is 1. The molecule has 0 bridgehead atoms. The summed E-state index contributed by atoms with van der Waals surface area (Å²) >= 11 is 6.31. The van der Waals surface area contributed by atoms with Gasteiger partial charge in [-0.2, -0.15) is 0 Å². The molecule has 4 rings (SSSR count). The van der Waals surface area contributed by atoms with Gasteiger partial charge in [0.1, 0.15) is 0 Å². The van der Waals surface area contributed by atoms with Crippen LogP contribution in [0.1, 0.15) is 11.1 Å². The molecule has 2 aliphatic heterocycles. The quantitative estimate of drug-likeness (QED) is 0.736. The molecule has 0 aliphatic carbocycles. The standard InChI is InChI=1S/C19H19ClN2O3S/c1-12-7-13(2)9-14(8-12)21-17-10-26(24,25)11-18(17)22(19(21)23)16-6-4-3-5-15(16)20/h3-9,17-18H,10-11H2,1-2H3/t17-,18-/m1/s1. The van der Waals surface area contributed by atoms with Crippen molar-refractivity contribution in [3.8, 4) is 0 Å². The molecular formula is C19H19ClN2O3S. The Hall–Kier alpha value is -2.05. The number of fused-ring (bicyclic) bond motifs is 1. The summed E-state index contributed by atoms with van der Waals surface area (Å²) in [4.78, 5) is 16.5. The number of sulfone groups is 1. The molecule has 2 fully saturated rings. The van der Waals surface area contributed by atoms with Gasteiger partial charge in [-0.15, -0.1) is 0 Å². The van der Waals surface area contributed by atoms with Gasteiger partial charge < -0.3 is 0 Å². The first-order valence-electron chi connectivity index (χ1n) is 8.42. The zero-order valence-electron chi connectivity index (χ0n) is 14.5. The second-order valence-electron chi connectivity index (χ2n) is 7.03. The number of para-hydroxylation sites is 1. The maximum atomic E-state index is 13.3. The van der Waals surface area contributed by atoms with Gasteiger partial charge in [0.2, 0.25) is 0 Å². The number of carbonyl (C=O) groups excluding carboxylic acids is 1. The van der Waals surface area contributed by atoms with Gasteiger partial charge in [-0.25, -0.2) is 13.2 Å². The van der Waals surface area contributed by atoms with Crippen molar-refractivity contribution in [3.05, 3.63) is 58.6 Å². The summed E-state index contributed by atoms with van der Waals surface area (Å²) in [5, 5.41) is 0.436. The van der Waals surface area contributed by atoms with Crippen molar-refractivity contribution in [1.29, 1.82) is 0 Å². The van der Waals surface area contributed by atoms with Gasteiger partial charge in [0.05, 0.1) is 34.3 Å². The minimum atomic E-state index is -3.22. The van der Waals surface area contributed by atoms with E-state index in [1.165, 1.54) is 0 Å². The number of rotatable bonds is 2. The smallest absolute Gasteiger partial charge is 0.288 e. The average Bonchev–Trinajstić information content (AvgIpc) is 2.96. The molecule has 0 unspecified atom stereocenters. The molecule has 7 heteroatoms. The highest BCUT2D eigenvalue weighted by molar-refractivity contribution is 7.91. The lowest BCUT2D eigenvalue weighted by Crippen LogP contribution is -2.38. The van der Waals surface area contributed by atoms with Crippen LogP contribution in [-0.4, -0.2) is 38.0 Å². The summed E-state index contributed by atoms with van der Waals surface area (Å²) in [5.41, 5.74) is 3.34. The van der Waals surface area contributed by atoms with Crippen LogP contribution in [0.5, 0.6) is 0 Å². The Morgan fingerprint density at radius 3 is 2.15 bits per heavy atom. The van der Waals surface area contributed by atoms with Crippen LogP contribution in [0.25, 0.3) is 0 Å². The first-order chi connectivity index (χ1) is 12.3. The van der Waals surface area contributed by atoms with E-state index in [9.17, 15) is 13.2 Å².